The maximum atomic E-state index is 15.9. The summed E-state index contributed by atoms with van der Waals surface area (Å²) in [5.74, 6) is -0.854. The molecule has 1 aliphatic carbocycles. The number of carbonyl (C=O) groups excluding carboxylic acids is 1. The van der Waals surface area contributed by atoms with E-state index in [-0.39, 0.29) is 36.5 Å². The second-order valence-corrected chi connectivity index (χ2v) is 12.1. The number of hydrogen-bond acceptors (Lipinski definition) is 4. The van der Waals surface area contributed by atoms with Crippen LogP contribution in [-0.4, -0.2) is 45.5 Å². The van der Waals surface area contributed by atoms with Gasteiger partial charge in [0.15, 0.2) is 0 Å². The maximum absolute atomic E-state index is 15.9. The van der Waals surface area contributed by atoms with Crippen LogP contribution in [0.2, 0.25) is 5.02 Å². The van der Waals surface area contributed by atoms with Gasteiger partial charge in [0.25, 0.3) is 5.91 Å². The molecule has 1 aromatic heterocycles. The molecule has 1 heterocycles. The van der Waals surface area contributed by atoms with E-state index in [1.165, 1.54) is 11.0 Å². The molecule has 10 heteroatoms. The highest BCUT2D eigenvalue weighted by Crippen LogP contribution is 2.38. The van der Waals surface area contributed by atoms with Gasteiger partial charge in [-0.25, -0.2) is 14.2 Å². The Bertz CT molecular complexity index is 1900. The van der Waals surface area contributed by atoms with Gasteiger partial charge in [-0.3, -0.25) is 4.79 Å². The van der Waals surface area contributed by atoms with Crippen molar-refractivity contribution in [3.63, 3.8) is 0 Å². The van der Waals surface area contributed by atoms with Gasteiger partial charge in [0.05, 0.1) is 22.2 Å². The van der Waals surface area contributed by atoms with E-state index in [1.807, 2.05) is 18.2 Å². The Kier molecular flexibility index (Phi) is 9.99. The van der Waals surface area contributed by atoms with Crippen molar-refractivity contribution in [3.05, 3.63) is 106 Å². The molecule has 1 N–H and O–H groups in total. The third-order valence-electron chi connectivity index (χ3n) is 8.37. The molecule has 0 unspecified atom stereocenters. The summed E-state index contributed by atoms with van der Waals surface area (Å²) in [5.41, 5.74) is 4.85. The van der Waals surface area contributed by atoms with Crippen molar-refractivity contribution in [2.24, 2.45) is 0 Å². The topological polar surface area (TPSA) is 84.7 Å². The maximum Gasteiger partial charge on any atom is 0.335 e. The van der Waals surface area contributed by atoms with Crippen LogP contribution in [0.5, 0.6) is 5.75 Å². The highest BCUT2D eigenvalue weighted by Gasteiger charge is 2.25. The largest absolute Gasteiger partial charge is 0.489 e. The Balaban J connectivity index is 0.00000417. The van der Waals surface area contributed by atoms with Crippen LogP contribution in [0, 0.1) is 5.82 Å². The van der Waals surface area contributed by atoms with E-state index in [9.17, 15) is 14.7 Å². The van der Waals surface area contributed by atoms with E-state index < -0.39 is 11.8 Å². The van der Waals surface area contributed by atoms with Crippen LogP contribution < -0.4 is 4.74 Å². The molecule has 6 rings (SSSR count). The minimum Gasteiger partial charge on any atom is -0.489 e. The lowest BCUT2D eigenvalue weighted by Crippen LogP contribution is -2.21. The Morgan fingerprint density at radius 3 is 2.30 bits per heavy atom. The normalized spacial score (nSPS) is 13.3. The lowest BCUT2D eigenvalue weighted by atomic mass is 9.94. The van der Waals surface area contributed by atoms with Crippen molar-refractivity contribution in [1.29, 1.82) is 0 Å². The fraction of sp³-hybridized carbons (Fsp3) is 0.250. The van der Waals surface area contributed by atoms with Gasteiger partial charge in [-0.2, -0.15) is 0 Å². The highest BCUT2D eigenvalue weighted by molar-refractivity contribution is 6.30. The van der Waals surface area contributed by atoms with E-state index in [1.54, 1.807) is 68.7 Å². The van der Waals surface area contributed by atoms with Crippen molar-refractivity contribution >= 4 is 46.9 Å². The number of carboxylic acids is 1. The smallest absolute Gasteiger partial charge is 0.335 e. The number of aromatic nitrogens is 2. The third kappa shape index (κ3) is 6.73. The number of fused-ring (bicyclic) bond motifs is 1. The molecule has 0 bridgehead atoms. The van der Waals surface area contributed by atoms with E-state index in [2.05, 4.69) is 4.57 Å². The Hall–Kier alpha value is -4.40. The molecular weight excluding hydrogens is 628 g/mol. The Labute approximate surface area is 278 Å². The molecule has 7 nitrogen and oxygen atoms in total. The van der Waals surface area contributed by atoms with Crippen molar-refractivity contribution in [3.8, 4) is 28.3 Å². The van der Waals surface area contributed by atoms with Gasteiger partial charge in [-0.15, -0.1) is 12.4 Å². The number of nitrogens with zero attached hydrogens (tertiary/aromatic N) is 3. The van der Waals surface area contributed by atoms with Crippen molar-refractivity contribution < 1.29 is 23.8 Å². The number of rotatable bonds is 8. The number of halogens is 3. The molecule has 238 valence electrons. The second-order valence-electron chi connectivity index (χ2n) is 11.6. The van der Waals surface area contributed by atoms with Gasteiger partial charge in [0.2, 0.25) is 0 Å². The summed E-state index contributed by atoms with van der Waals surface area (Å²) in [6.07, 6.45) is 5.21. The molecule has 5 aromatic rings. The number of carboxylic acid groups (broad SMARTS) is 1. The lowest BCUT2D eigenvalue weighted by Gasteiger charge is -2.25. The number of amides is 1. The van der Waals surface area contributed by atoms with Crippen LogP contribution in [0.4, 0.5) is 4.39 Å². The van der Waals surface area contributed by atoms with Gasteiger partial charge in [0, 0.05) is 36.8 Å². The lowest BCUT2D eigenvalue weighted by molar-refractivity contribution is 0.0696. The summed E-state index contributed by atoms with van der Waals surface area (Å²) >= 11 is 6.11. The summed E-state index contributed by atoms with van der Waals surface area (Å²) in [6, 6.07) is 22.6. The predicted octanol–water partition coefficient (Wildman–Crippen LogP) is 9.07. The monoisotopic (exact) mass is 661 g/mol. The van der Waals surface area contributed by atoms with Gasteiger partial charge in [-0.1, -0.05) is 49.1 Å². The fourth-order valence-corrected chi connectivity index (χ4v) is 6.20. The minimum absolute atomic E-state index is 0. The van der Waals surface area contributed by atoms with Crippen LogP contribution in [0.15, 0.2) is 78.9 Å². The van der Waals surface area contributed by atoms with Gasteiger partial charge in [-0.05, 0) is 84.1 Å². The van der Waals surface area contributed by atoms with E-state index >= 15 is 4.39 Å². The van der Waals surface area contributed by atoms with Crippen LogP contribution in [0.3, 0.4) is 0 Å². The Morgan fingerprint density at radius 1 is 0.935 bits per heavy atom. The Morgan fingerprint density at radius 2 is 1.63 bits per heavy atom. The molecule has 1 fully saturated rings. The zero-order valence-electron chi connectivity index (χ0n) is 25.5. The highest BCUT2D eigenvalue weighted by atomic mass is 35.5. The molecule has 0 radical (unpaired) electrons. The number of hydrogen-bond donors (Lipinski definition) is 1. The molecular formula is C36H34Cl2FN3O4. The first kappa shape index (κ1) is 33.0. The van der Waals surface area contributed by atoms with E-state index in [0.29, 0.717) is 33.2 Å². The average molecular weight is 663 g/mol. The first-order valence-corrected chi connectivity index (χ1v) is 15.4. The van der Waals surface area contributed by atoms with Crippen molar-refractivity contribution in [1.82, 2.24) is 14.5 Å². The standard InChI is InChI=1S/C36H33ClFN3O4.ClH/c1-40(2)35(42)23-10-15-29(22-8-12-26(37)13-9-22)25(18-23)21-45-28-14-16-30(31(38)20-28)34-39-32-19-24(36(43)44)11-17-33(32)41(34)27-6-4-3-5-7-27;/h8-20,27H,3-7,21H2,1-2H3,(H,43,44);1H. The molecule has 4 aromatic carbocycles. The quantitative estimate of drug-likeness (QED) is 0.179. The molecule has 0 saturated heterocycles. The SMILES string of the molecule is CN(C)C(=O)c1ccc(-c2ccc(Cl)cc2)c(COc2ccc(-c3nc4cc(C(=O)O)ccc4n3C3CCCCC3)c(F)c2)c1.Cl. The first-order chi connectivity index (χ1) is 21.7. The second kappa shape index (κ2) is 13.9. The number of carbonyl (C=O) groups is 2. The van der Waals surface area contributed by atoms with Crippen LogP contribution in [0.1, 0.15) is 64.4 Å². The number of benzene rings is 4. The summed E-state index contributed by atoms with van der Waals surface area (Å²) in [6.45, 7) is 0.101. The predicted molar refractivity (Wildman–Crippen MR) is 181 cm³/mol. The van der Waals surface area contributed by atoms with Crippen molar-refractivity contribution in [2.45, 2.75) is 44.8 Å². The summed E-state index contributed by atoms with van der Waals surface area (Å²) < 4.78 is 24.1. The van der Waals surface area contributed by atoms with Gasteiger partial charge in [0.1, 0.15) is 24.0 Å². The number of imidazole rings is 1. The van der Waals surface area contributed by atoms with E-state index in [4.69, 9.17) is 21.3 Å². The molecule has 0 spiro atoms. The van der Waals surface area contributed by atoms with Crippen LogP contribution >= 0.6 is 24.0 Å². The summed E-state index contributed by atoms with van der Waals surface area (Å²) in [5, 5.41) is 10.1. The molecule has 1 aliphatic rings. The molecule has 1 amide bonds. The van der Waals surface area contributed by atoms with Gasteiger partial charge < -0.3 is 19.3 Å². The van der Waals surface area contributed by atoms with Crippen LogP contribution in [-0.2, 0) is 6.61 Å². The number of aromatic carboxylic acids is 1. The molecule has 0 aliphatic heterocycles. The van der Waals surface area contributed by atoms with E-state index in [0.717, 1.165) is 54.3 Å². The number of ether oxygens (including phenoxy) is 1. The molecule has 0 atom stereocenters. The zero-order chi connectivity index (χ0) is 31.7. The summed E-state index contributed by atoms with van der Waals surface area (Å²) in [4.78, 5) is 30.6. The summed E-state index contributed by atoms with van der Waals surface area (Å²) in [7, 11) is 3.40. The average Bonchev–Trinajstić information content (AvgIpc) is 3.42. The minimum atomic E-state index is -1.03. The van der Waals surface area contributed by atoms with Crippen molar-refractivity contribution in [2.75, 3.05) is 14.1 Å². The molecule has 1 saturated carbocycles. The molecule has 46 heavy (non-hydrogen) atoms. The zero-order valence-corrected chi connectivity index (χ0v) is 27.1. The third-order valence-corrected chi connectivity index (χ3v) is 8.62. The van der Waals surface area contributed by atoms with Crippen LogP contribution in [0.25, 0.3) is 33.5 Å². The van der Waals surface area contributed by atoms with Gasteiger partial charge >= 0.3 is 5.97 Å². The fourth-order valence-electron chi connectivity index (χ4n) is 6.07. The first-order valence-electron chi connectivity index (χ1n) is 15.0.